The van der Waals surface area contributed by atoms with Gasteiger partial charge in [-0.25, -0.2) is 0 Å². The first-order chi connectivity index (χ1) is 14.9. The lowest BCUT2D eigenvalue weighted by atomic mass is 10.1. The van der Waals surface area contributed by atoms with Gasteiger partial charge in [0.1, 0.15) is 0 Å². The number of likely N-dealkylation sites (tertiary alicyclic amines) is 1. The highest BCUT2D eigenvalue weighted by Crippen LogP contribution is 2.28. The first kappa shape index (κ1) is 23.2. The van der Waals surface area contributed by atoms with Gasteiger partial charge in [-0.3, -0.25) is 9.59 Å². The summed E-state index contributed by atoms with van der Waals surface area (Å²) in [5.41, 5.74) is 1.96. The van der Waals surface area contributed by atoms with Crippen LogP contribution in [-0.4, -0.2) is 50.6 Å². The van der Waals surface area contributed by atoms with Crippen LogP contribution in [0.1, 0.15) is 17.5 Å². The van der Waals surface area contributed by atoms with Crippen molar-refractivity contribution in [1.82, 2.24) is 10.2 Å². The minimum Gasteiger partial charge on any atom is -0.493 e. The maximum absolute atomic E-state index is 12.5. The summed E-state index contributed by atoms with van der Waals surface area (Å²) in [6.45, 7) is 1.44. The lowest BCUT2D eigenvalue weighted by molar-refractivity contribution is -0.129. The molecule has 1 atom stereocenters. The highest BCUT2D eigenvalue weighted by atomic mass is 35.5. The highest BCUT2D eigenvalue weighted by Gasteiger charge is 2.33. The van der Waals surface area contributed by atoms with Crippen LogP contribution in [0.3, 0.4) is 0 Å². The Morgan fingerprint density at radius 3 is 2.58 bits per heavy atom. The summed E-state index contributed by atoms with van der Waals surface area (Å²) in [4.78, 5) is 26.6. The fourth-order valence-electron chi connectivity index (χ4n) is 3.65. The second-order valence-electron chi connectivity index (χ2n) is 7.46. The Balaban J connectivity index is 1.47. The van der Waals surface area contributed by atoms with Crippen molar-refractivity contribution in [3.8, 4) is 11.5 Å². The maximum atomic E-state index is 12.5. The van der Waals surface area contributed by atoms with E-state index in [1.807, 2.05) is 24.3 Å². The normalized spacial score (nSPS) is 15.8. The quantitative estimate of drug-likeness (QED) is 0.613. The van der Waals surface area contributed by atoms with Crippen molar-refractivity contribution in [3.63, 3.8) is 0 Å². The number of ether oxygens (including phenoxy) is 2. The standard InChI is InChI=1S/C23H26Cl2N2O4/c1-30-20-6-3-15(11-21(20)31-2)8-10-27-14-17(12-22(27)28)23(29)26-9-7-16-4-5-18(24)13-19(16)25/h3-6,11,13,17H,7-10,12,14H2,1-2H3,(H,26,29)/t17-/m0/s1. The van der Waals surface area contributed by atoms with Crippen molar-refractivity contribution in [2.24, 2.45) is 5.92 Å². The first-order valence-electron chi connectivity index (χ1n) is 10.1. The van der Waals surface area contributed by atoms with E-state index >= 15 is 0 Å². The van der Waals surface area contributed by atoms with Gasteiger partial charge >= 0.3 is 0 Å². The maximum Gasteiger partial charge on any atom is 0.225 e. The second kappa shape index (κ2) is 10.7. The monoisotopic (exact) mass is 464 g/mol. The number of hydrogen-bond donors (Lipinski definition) is 1. The Morgan fingerprint density at radius 1 is 1.10 bits per heavy atom. The molecule has 31 heavy (non-hydrogen) atoms. The fraction of sp³-hybridized carbons (Fsp3) is 0.391. The molecule has 1 fully saturated rings. The SMILES string of the molecule is COc1ccc(CCN2C[C@@H](C(=O)NCCc3ccc(Cl)cc3Cl)CC2=O)cc1OC. The number of nitrogens with zero attached hydrogens (tertiary/aromatic N) is 1. The van der Waals surface area contributed by atoms with Gasteiger partial charge in [0.05, 0.1) is 20.1 Å². The molecule has 0 bridgehead atoms. The molecule has 1 aliphatic heterocycles. The summed E-state index contributed by atoms with van der Waals surface area (Å²) < 4.78 is 10.6. The molecule has 8 heteroatoms. The summed E-state index contributed by atoms with van der Waals surface area (Å²) >= 11 is 12.1. The molecule has 1 heterocycles. The molecule has 0 unspecified atom stereocenters. The predicted molar refractivity (Wildman–Crippen MR) is 121 cm³/mol. The van der Waals surface area contributed by atoms with Crippen molar-refractivity contribution in [2.75, 3.05) is 33.9 Å². The molecule has 166 valence electrons. The van der Waals surface area contributed by atoms with Gasteiger partial charge in [0, 0.05) is 36.1 Å². The molecule has 3 rings (SSSR count). The van der Waals surface area contributed by atoms with Gasteiger partial charge in [-0.05, 0) is 48.2 Å². The summed E-state index contributed by atoms with van der Waals surface area (Å²) in [6.07, 6.45) is 1.51. The zero-order chi connectivity index (χ0) is 22.4. The molecule has 0 radical (unpaired) electrons. The molecule has 0 spiro atoms. The van der Waals surface area contributed by atoms with E-state index < -0.39 is 0 Å². The molecular weight excluding hydrogens is 439 g/mol. The topological polar surface area (TPSA) is 67.9 Å². The number of rotatable bonds is 9. The average molecular weight is 465 g/mol. The van der Waals surface area contributed by atoms with Crippen LogP contribution >= 0.6 is 23.2 Å². The van der Waals surface area contributed by atoms with Gasteiger partial charge in [0.15, 0.2) is 11.5 Å². The number of amides is 2. The number of hydrogen-bond acceptors (Lipinski definition) is 4. The largest absolute Gasteiger partial charge is 0.493 e. The Kier molecular flexibility index (Phi) is 8.04. The predicted octanol–water partition coefficient (Wildman–Crippen LogP) is 3.76. The Labute approximate surface area is 192 Å². The molecule has 0 saturated carbocycles. The summed E-state index contributed by atoms with van der Waals surface area (Å²) in [7, 11) is 3.19. The van der Waals surface area contributed by atoms with Crippen LogP contribution < -0.4 is 14.8 Å². The number of halogens is 2. The van der Waals surface area contributed by atoms with Gasteiger partial charge in [-0.2, -0.15) is 0 Å². The molecule has 2 amide bonds. The fourth-order valence-corrected chi connectivity index (χ4v) is 4.16. The second-order valence-corrected chi connectivity index (χ2v) is 8.30. The summed E-state index contributed by atoms with van der Waals surface area (Å²) in [5, 5.41) is 4.08. The average Bonchev–Trinajstić information content (AvgIpc) is 3.14. The number of benzene rings is 2. The minimum atomic E-state index is -0.335. The van der Waals surface area contributed by atoms with Gasteiger partial charge in [-0.15, -0.1) is 0 Å². The summed E-state index contributed by atoms with van der Waals surface area (Å²) in [5.74, 6) is 0.887. The molecule has 2 aromatic rings. The van der Waals surface area contributed by atoms with Crippen LogP contribution in [0.5, 0.6) is 11.5 Å². The third kappa shape index (κ3) is 6.05. The molecule has 1 N–H and O–H groups in total. The molecule has 0 aromatic heterocycles. The number of carbonyl (C=O) groups is 2. The van der Waals surface area contributed by atoms with Crippen molar-refractivity contribution < 1.29 is 19.1 Å². The Hall–Kier alpha value is -2.44. The van der Waals surface area contributed by atoms with E-state index in [1.54, 1.807) is 31.3 Å². The lowest BCUT2D eigenvalue weighted by Gasteiger charge is -2.17. The van der Waals surface area contributed by atoms with E-state index in [4.69, 9.17) is 32.7 Å². The van der Waals surface area contributed by atoms with Gasteiger partial charge in [0.25, 0.3) is 0 Å². The number of nitrogens with one attached hydrogen (secondary N) is 1. The van der Waals surface area contributed by atoms with E-state index in [2.05, 4.69) is 5.32 Å². The van der Waals surface area contributed by atoms with Crippen molar-refractivity contribution in [3.05, 3.63) is 57.6 Å². The van der Waals surface area contributed by atoms with Crippen LogP contribution in [0.2, 0.25) is 10.0 Å². The molecule has 1 aliphatic rings. The van der Waals surface area contributed by atoms with Crippen LogP contribution in [0.15, 0.2) is 36.4 Å². The number of carbonyl (C=O) groups excluding carboxylic acids is 2. The molecule has 1 saturated heterocycles. The zero-order valence-electron chi connectivity index (χ0n) is 17.6. The van der Waals surface area contributed by atoms with E-state index in [0.29, 0.717) is 54.0 Å². The van der Waals surface area contributed by atoms with Crippen molar-refractivity contribution >= 4 is 35.0 Å². The Morgan fingerprint density at radius 2 is 1.87 bits per heavy atom. The third-order valence-electron chi connectivity index (χ3n) is 5.41. The highest BCUT2D eigenvalue weighted by molar-refractivity contribution is 6.35. The van der Waals surface area contributed by atoms with Crippen LogP contribution in [0.25, 0.3) is 0 Å². The van der Waals surface area contributed by atoms with Crippen LogP contribution in [0, 0.1) is 5.92 Å². The van der Waals surface area contributed by atoms with E-state index in [0.717, 1.165) is 11.1 Å². The molecule has 0 aliphatic carbocycles. The zero-order valence-corrected chi connectivity index (χ0v) is 19.1. The number of methoxy groups -OCH3 is 2. The van der Waals surface area contributed by atoms with E-state index in [-0.39, 0.29) is 24.2 Å². The summed E-state index contributed by atoms with van der Waals surface area (Å²) in [6, 6.07) is 11.0. The lowest BCUT2D eigenvalue weighted by Crippen LogP contribution is -2.34. The van der Waals surface area contributed by atoms with Crippen molar-refractivity contribution in [2.45, 2.75) is 19.3 Å². The smallest absolute Gasteiger partial charge is 0.225 e. The minimum absolute atomic E-state index is 0.00127. The van der Waals surface area contributed by atoms with E-state index in [9.17, 15) is 9.59 Å². The van der Waals surface area contributed by atoms with Crippen LogP contribution in [-0.2, 0) is 22.4 Å². The third-order valence-corrected chi connectivity index (χ3v) is 6.00. The molecule has 6 nitrogen and oxygen atoms in total. The first-order valence-corrected chi connectivity index (χ1v) is 10.9. The van der Waals surface area contributed by atoms with Gasteiger partial charge in [0.2, 0.25) is 11.8 Å². The van der Waals surface area contributed by atoms with Crippen molar-refractivity contribution in [1.29, 1.82) is 0 Å². The van der Waals surface area contributed by atoms with E-state index in [1.165, 1.54) is 0 Å². The molecular formula is C23H26Cl2N2O4. The van der Waals surface area contributed by atoms with Gasteiger partial charge in [-0.1, -0.05) is 35.3 Å². The van der Waals surface area contributed by atoms with Crippen LogP contribution in [0.4, 0.5) is 0 Å². The Bertz CT molecular complexity index is 951. The van der Waals surface area contributed by atoms with Gasteiger partial charge < -0.3 is 19.7 Å². The molecule has 2 aromatic carbocycles.